The van der Waals surface area contributed by atoms with Gasteiger partial charge in [0.2, 0.25) is 0 Å². The van der Waals surface area contributed by atoms with Gasteiger partial charge in [0.15, 0.2) is 11.4 Å². The summed E-state index contributed by atoms with van der Waals surface area (Å²) in [6.45, 7) is -0.287. The van der Waals surface area contributed by atoms with Crippen LogP contribution in [0.5, 0.6) is 0 Å². The molecule has 0 aliphatic carbocycles. The van der Waals surface area contributed by atoms with E-state index in [4.69, 9.17) is 4.42 Å². The van der Waals surface area contributed by atoms with E-state index in [-0.39, 0.29) is 18.8 Å². The van der Waals surface area contributed by atoms with Gasteiger partial charge in [0, 0.05) is 25.9 Å². The van der Waals surface area contributed by atoms with Crippen LogP contribution in [-0.2, 0) is 0 Å². The summed E-state index contributed by atoms with van der Waals surface area (Å²) in [5.74, 6) is -0.364. The molecule has 0 radical (unpaired) electrons. The second kappa shape index (κ2) is 4.31. The molecule has 1 aromatic rings. The maximum absolute atomic E-state index is 12.6. The highest BCUT2D eigenvalue weighted by atomic mass is 19.4. The number of hydrogen-bond donors (Lipinski definition) is 1. The topological polar surface area (TPSA) is 53.7 Å². The Morgan fingerprint density at radius 1 is 1.39 bits per heavy atom. The van der Waals surface area contributed by atoms with E-state index in [9.17, 15) is 23.1 Å². The summed E-state index contributed by atoms with van der Waals surface area (Å²) in [7, 11) is 0. The summed E-state index contributed by atoms with van der Waals surface area (Å²) in [6, 6.07) is 2.98. The number of amides is 1. The van der Waals surface area contributed by atoms with E-state index in [0.717, 1.165) is 0 Å². The van der Waals surface area contributed by atoms with Crippen molar-refractivity contribution in [3.05, 3.63) is 24.2 Å². The normalized spacial score (nSPS) is 19.9. The molecule has 0 atom stereocenters. The van der Waals surface area contributed by atoms with Gasteiger partial charge < -0.3 is 14.4 Å². The van der Waals surface area contributed by atoms with Gasteiger partial charge in [-0.15, -0.1) is 0 Å². The van der Waals surface area contributed by atoms with Crippen molar-refractivity contribution in [2.24, 2.45) is 0 Å². The van der Waals surface area contributed by atoms with Crippen LogP contribution in [0.1, 0.15) is 23.4 Å². The first-order chi connectivity index (χ1) is 8.33. The van der Waals surface area contributed by atoms with Crippen LogP contribution in [0, 0.1) is 0 Å². The molecule has 1 fully saturated rings. The lowest BCUT2D eigenvalue weighted by Crippen LogP contribution is -2.54. The lowest BCUT2D eigenvalue weighted by Gasteiger charge is -2.38. The average molecular weight is 263 g/mol. The summed E-state index contributed by atoms with van der Waals surface area (Å²) in [5, 5.41) is 9.45. The number of nitrogens with zero attached hydrogens (tertiary/aromatic N) is 1. The molecule has 0 unspecified atom stereocenters. The van der Waals surface area contributed by atoms with E-state index in [1.807, 2.05) is 0 Å². The fourth-order valence-electron chi connectivity index (χ4n) is 1.92. The van der Waals surface area contributed by atoms with Crippen molar-refractivity contribution in [1.82, 2.24) is 4.90 Å². The first-order valence-electron chi connectivity index (χ1n) is 5.45. The van der Waals surface area contributed by atoms with Crippen molar-refractivity contribution in [1.29, 1.82) is 0 Å². The van der Waals surface area contributed by atoms with E-state index < -0.39 is 30.5 Å². The van der Waals surface area contributed by atoms with Crippen LogP contribution >= 0.6 is 0 Å². The van der Waals surface area contributed by atoms with Gasteiger partial charge >= 0.3 is 6.18 Å². The molecule has 0 bridgehead atoms. The third kappa shape index (κ3) is 2.22. The number of rotatable bonds is 1. The average Bonchev–Trinajstić information content (AvgIpc) is 2.81. The Morgan fingerprint density at radius 3 is 2.44 bits per heavy atom. The highest BCUT2D eigenvalue weighted by Crippen LogP contribution is 2.38. The maximum Gasteiger partial charge on any atom is 0.417 e. The molecule has 2 heterocycles. The monoisotopic (exact) mass is 263 g/mol. The fourth-order valence-corrected chi connectivity index (χ4v) is 1.92. The number of carbonyl (C=O) groups excluding carboxylic acids is 1. The molecule has 1 aliphatic heterocycles. The molecular formula is C11H12F3NO3. The maximum atomic E-state index is 12.6. The predicted molar refractivity (Wildman–Crippen MR) is 54.9 cm³/mol. The van der Waals surface area contributed by atoms with Gasteiger partial charge in [-0.2, -0.15) is 13.2 Å². The molecule has 1 aromatic heterocycles. The minimum atomic E-state index is -4.66. The summed E-state index contributed by atoms with van der Waals surface area (Å²) in [6.07, 6.45) is -4.36. The minimum absolute atomic E-state index is 0.0902. The van der Waals surface area contributed by atoms with Crippen molar-refractivity contribution >= 4 is 5.91 Å². The van der Waals surface area contributed by atoms with Crippen molar-refractivity contribution in [2.75, 3.05) is 13.1 Å². The second-order valence-corrected chi connectivity index (χ2v) is 4.30. The predicted octanol–water partition coefficient (Wildman–Crippen LogP) is 1.81. The van der Waals surface area contributed by atoms with Crippen molar-refractivity contribution in [2.45, 2.75) is 24.6 Å². The lowest BCUT2D eigenvalue weighted by molar-refractivity contribution is -0.271. The van der Waals surface area contributed by atoms with Gasteiger partial charge in [-0.1, -0.05) is 0 Å². The molecular weight excluding hydrogens is 251 g/mol. The third-order valence-electron chi connectivity index (χ3n) is 3.14. The lowest BCUT2D eigenvalue weighted by atomic mass is 9.90. The molecule has 1 aliphatic rings. The second-order valence-electron chi connectivity index (χ2n) is 4.30. The van der Waals surface area contributed by atoms with E-state index in [1.54, 1.807) is 0 Å². The van der Waals surface area contributed by atoms with Gasteiger partial charge in [0.1, 0.15) is 0 Å². The molecule has 0 spiro atoms. The number of halogens is 3. The van der Waals surface area contributed by atoms with Gasteiger partial charge in [-0.05, 0) is 12.1 Å². The third-order valence-corrected chi connectivity index (χ3v) is 3.14. The van der Waals surface area contributed by atoms with Crippen LogP contribution in [0.25, 0.3) is 0 Å². The van der Waals surface area contributed by atoms with Crippen LogP contribution in [0.15, 0.2) is 22.8 Å². The molecule has 0 aromatic carbocycles. The number of aliphatic hydroxyl groups is 1. The number of alkyl halides is 3. The number of carbonyl (C=O) groups is 1. The van der Waals surface area contributed by atoms with Gasteiger partial charge in [0.25, 0.3) is 5.91 Å². The van der Waals surface area contributed by atoms with E-state index >= 15 is 0 Å². The molecule has 0 saturated carbocycles. The van der Waals surface area contributed by atoms with Crippen molar-refractivity contribution in [3.8, 4) is 0 Å². The molecule has 18 heavy (non-hydrogen) atoms. The highest BCUT2D eigenvalue weighted by Gasteiger charge is 2.55. The Bertz CT molecular complexity index is 419. The zero-order valence-electron chi connectivity index (χ0n) is 9.41. The van der Waals surface area contributed by atoms with Gasteiger partial charge in [-0.25, -0.2) is 0 Å². The summed E-state index contributed by atoms with van der Waals surface area (Å²) < 4.78 is 42.6. The molecule has 1 N–H and O–H groups in total. The number of likely N-dealkylation sites (tertiary alicyclic amines) is 1. The first kappa shape index (κ1) is 12.9. The Labute approximate surface area is 101 Å². The van der Waals surface area contributed by atoms with Crippen LogP contribution in [0.4, 0.5) is 13.2 Å². The Balaban J connectivity index is 2.01. The summed E-state index contributed by atoms with van der Waals surface area (Å²) in [5.41, 5.74) is -2.69. The summed E-state index contributed by atoms with van der Waals surface area (Å²) in [4.78, 5) is 13.0. The fraction of sp³-hybridized carbons (Fsp3) is 0.545. The Kier molecular flexibility index (Phi) is 3.10. The molecule has 7 heteroatoms. The molecule has 4 nitrogen and oxygen atoms in total. The van der Waals surface area contributed by atoms with Gasteiger partial charge in [-0.3, -0.25) is 4.79 Å². The smallest absolute Gasteiger partial charge is 0.417 e. The van der Waals surface area contributed by atoms with E-state index in [0.29, 0.717) is 0 Å². The van der Waals surface area contributed by atoms with Crippen molar-refractivity contribution < 1.29 is 27.5 Å². The van der Waals surface area contributed by atoms with Crippen LogP contribution in [-0.4, -0.2) is 40.8 Å². The summed E-state index contributed by atoms with van der Waals surface area (Å²) >= 11 is 0. The van der Waals surface area contributed by atoms with Crippen molar-refractivity contribution in [3.63, 3.8) is 0 Å². The van der Waals surface area contributed by atoms with Crippen LogP contribution < -0.4 is 0 Å². The number of hydrogen-bond acceptors (Lipinski definition) is 3. The SMILES string of the molecule is O=C(c1ccco1)N1CCC(O)(C(F)(F)F)CC1. The molecule has 1 saturated heterocycles. The highest BCUT2D eigenvalue weighted by molar-refractivity contribution is 5.91. The van der Waals surface area contributed by atoms with Crippen LogP contribution in [0.3, 0.4) is 0 Å². The zero-order chi connectivity index (χ0) is 13.4. The standard InChI is InChI=1S/C11H12F3NO3/c12-11(13,14)10(17)3-5-15(6-4-10)9(16)8-2-1-7-18-8/h1-2,7,17H,3-6H2. The number of furan rings is 1. The Morgan fingerprint density at radius 2 is 2.00 bits per heavy atom. The Hall–Kier alpha value is -1.50. The minimum Gasteiger partial charge on any atom is -0.459 e. The number of piperidine rings is 1. The molecule has 1 amide bonds. The largest absolute Gasteiger partial charge is 0.459 e. The molecule has 2 rings (SSSR count). The van der Waals surface area contributed by atoms with Crippen LogP contribution in [0.2, 0.25) is 0 Å². The van der Waals surface area contributed by atoms with E-state index in [2.05, 4.69) is 0 Å². The first-order valence-corrected chi connectivity index (χ1v) is 5.45. The zero-order valence-corrected chi connectivity index (χ0v) is 9.41. The quantitative estimate of drug-likeness (QED) is 0.840. The molecule has 100 valence electrons. The van der Waals surface area contributed by atoms with Gasteiger partial charge in [0.05, 0.1) is 6.26 Å². The van der Waals surface area contributed by atoms with E-state index in [1.165, 1.54) is 23.3 Å².